The predicted molar refractivity (Wildman–Crippen MR) is 76.8 cm³/mol. The van der Waals surface area contributed by atoms with E-state index in [1.54, 1.807) is 24.3 Å². The average molecular weight is 342 g/mol. The smallest absolute Gasteiger partial charge is 0.244 e. The van der Waals surface area contributed by atoms with Gasteiger partial charge in [-0.15, -0.1) is 11.3 Å². The first-order chi connectivity index (χ1) is 9.13. The SMILES string of the molecule is Cc1noc(CCNC(=O)/C=C/c2ccc(Br)s2)n1. The lowest BCUT2D eigenvalue weighted by molar-refractivity contribution is -0.116. The van der Waals surface area contributed by atoms with Gasteiger partial charge < -0.3 is 9.84 Å². The summed E-state index contributed by atoms with van der Waals surface area (Å²) in [6, 6.07) is 3.89. The van der Waals surface area contributed by atoms with Crippen LogP contribution in [0.3, 0.4) is 0 Å². The molecule has 2 rings (SSSR count). The number of halogens is 1. The summed E-state index contributed by atoms with van der Waals surface area (Å²) in [5, 5.41) is 6.43. The van der Waals surface area contributed by atoms with Crippen LogP contribution in [0.1, 0.15) is 16.6 Å². The summed E-state index contributed by atoms with van der Waals surface area (Å²) in [4.78, 5) is 16.6. The maximum Gasteiger partial charge on any atom is 0.244 e. The first kappa shape index (κ1) is 14.0. The van der Waals surface area contributed by atoms with Crippen LogP contribution in [0.2, 0.25) is 0 Å². The molecule has 7 heteroatoms. The molecule has 2 aromatic heterocycles. The molecular formula is C12H12BrN3O2S. The molecule has 0 aliphatic carbocycles. The number of aromatic nitrogens is 2. The lowest BCUT2D eigenvalue weighted by Gasteiger charge is -1.97. The summed E-state index contributed by atoms with van der Waals surface area (Å²) >= 11 is 4.94. The van der Waals surface area contributed by atoms with Gasteiger partial charge in [0, 0.05) is 23.9 Å². The average Bonchev–Trinajstić information content (AvgIpc) is 2.96. The molecule has 0 aromatic carbocycles. The van der Waals surface area contributed by atoms with Crippen LogP contribution in [0.4, 0.5) is 0 Å². The molecule has 1 amide bonds. The van der Waals surface area contributed by atoms with Gasteiger partial charge in [0.2, 0.25) is 11.8 Å². The first-order valence-electron chi connectivity index (χ1n) is 5.64. The molecule has 0 atom stereocenters. The van der Waals surface area contributed by atoms with Crippen molar-refractivity contribution in [3.8, 4) is 0 Å². The molecule has 0 saturated carbocycles. The molecule has 0 bridgehead atoms. The Morgan fingerprint density at radius 1 is 1.58 bits per heavy atom. The Bertz CT molecular complexity index is 591. The van der Waals surface area contributed by atoms with E-state index < -0.39 is 0 Å². The van der Waals surface area contributed by atoms with Crippen molar-refractivity contribution in [2.75, 3.05) is 6.54 Å². The van der Waals surface area contributed by atoms with Gasteiger partial charge in [0.1, 0.15) is 0 Å². The quantitative estimate of drug-likeness (QED) is 0.848. The Morgan fingerprint density at radius 3 is 3.05 bits per heavy atom. The second-order valence-electron chi connectivity index (χ2n) is 3.75. The van der Waals surface area contributed by atoms with Crippen molar-refractivity contribution in [3.63, 3.8) is 0 Å². The molecule has 0 fully saturated rings. The molecule has 100 valence electrons. The minimum Gasteiger partial charge on any atom is -0.352 e. The molecular weight excluding hydrogens is 330 g/mol. The Labute approximate surface area is 122 Å². The van der Waals surface area contributed by atoms with Crippen LogP contribution in [0.5, 0.6) is 0 Å². The summed E-state index contributed by atoms with van der Waals surface area (Å²) in [5.41, 5.74) is 0. The number of thiophene rings is 1. The fraction of sp³-hybridized carbons (Fsp3) is 0.250. The van der Waals surface area contributed by atoms with Gasteiger partial charge in [0.05, 0.1) is 3.79 Å². The molecule has 0 saturated heterocycles. The van der Waals surface area contributed by atoms with E-state index in [4.69, 9.17) is 4.52 Å². The van der Waals surface area contributed by atoms with Crippen LogP contribution in [0, 0.1) is 6.92 Å². The van der Waals surface area contributed by atoms with E-state index in [2.05, 4.69) is 31.4 Å². The Kier molecular flexibility index (Phi) is 4.86. The third-order valence-electron chi connectivity index (χ3n) is 2.20. The van der Waals surface area contributed by atoms with E-state index in [0.717, 1.165) is 8.66 Å². The summed E-state index contributed by atoms with van der Waals surface area (Å²) in [6.45, 7) is 2.23. The van der Waals surface area contributed by atoms with Crippen molar-refractivity contribution in [1.29, 1.82) is 0 Å². The number of rotatable bonds is 5. The van der Waals surface area contributed by atoms with Crippen LogP contribution in [0.15, 0.2) is 26.5 Å². The lowest BCUT2D eigenvalue weighted by Crippen LogP contribution is -2.23. The van der Waals surface area contributed by atoms with E-state index in [1.807, 2.05) is 12.1 Å². The molecule has 19 heavy (non-hydrogen) atoms. The van der Waals surface area contributed by atoms with Crippen molar-refractivity contribution in [2.24, 2.45) is 0 Å². The Morgan fingerprint density at radius 2 is 2.42 bits per heavy atom. The van der Waals surface area contributed by atoms with Gasteiger partial charge in [0.15, 0.2) is 5.82 Å². The van der Waals surface area contributed by atoms with E-state index in [-0.39, 0.29) is 5.91 Å². The number of hydrogen-bond acceptors (Lipinski definition) is 5. The normalized spacial score (nSPS) is 11.1. The van der Waals surface area contributed by atoms with E-state index in [9.17, 15) is 4.79 Å². The van der Waals surface area contributed by atoms with Crippen LogP contribution in [0.25, 0.3) is 6.08 Å². The lowest BCUT2D eigenvalue weighted by atomic mass is 10.3. The van der Waals surface area contributed by atoms with E-state index in [0.29, 0.717) is 24.7 Å². The summed E-state index contributed by atoms with van der Waals surface area (Å²) in [7, 11) is 0. The van der Waals surface area contributed by atoms with Gasteiger partial charge in [-0.1, -0.05) is 5.16 Å². The topological polar surface area (TPSA) is 68.0 Å². The maximum atomic E-state index is 11.5. The van der Waals surface area contributed by atoms with Crippen molar-refractivity contribution in [3.05, 3.63) is 38.6 Å². The zero-order chi connectivity index (χ0) is 13.7. The number of nitrogens with zero attached hydrogens (tertiary/aromatic N) is 2. The summed E-state index contributed by atoms with van der Waals surface area (Å²) in [6.07, 6.45) is 3.82. The van der Waals surface area contributed by atoms with Crippen molar-refractivity contribution < 1.29 is 9.32 Å². The molecule has 0 spiro atoms. The van der Waals surface area contributed by atoms with Crippen molar-refractivity contribution >= 4 is 39.2 Å². The molecule has 0 aliphatic rings. The molecule has 0 aliphatic heterocycles. The molecule has 2 heterocycles. The van der Waals surface area contributed by atoms with Gasteiger partial charge in [-0.3, -0.25) is 4.79 Å². The zero-order valence-electron chi connectivity index (χ0n) is 10.2. The number of carbonyl (C=O) groups is 1. The first-order valence-corrected chi connectivity index (χ1v) is 7.25. The minimum atomic E-state index is -0.138. The number of hydrogen-bond donors (Lipinski definition) is 1. The van der Waals surface area contributed by atoms with Gasteiger partial charge in [-0.05, 0) is 41.1 Å². The highest BCUT2D eigenvalue weighted by Gasteiger charge is 2.03. The van der Waals surface area contributed by atoms with Gasteiger partial charge in [0.25, 0.3) is 0 Å². The third-order valence-corrected chi connectivity index (χ3v) is 3.79. The third kappa shape index (κ3) is 4.60. The molecule has 1 N–H and O–H groups in total. The number of amides is 1. The minimum absolute atomic E-state index is 0.138. The fourth-order valence-corrected chi connectivity index (χ4v) is 2.70. The van der Waals surface area contributed by atoms with Gasteiger partial charge in [-0.25, -0.2) is 0 Å². The molecule has 2 aromatic rings. The molecule has 5 nitrogen and oxygen atoms in total. The predicted octanol–water partition coefficient (Wildman–Crippen LogP) is 2.57. The number of nitrogens with one attached hydrogen (secondary N) is 1. The number of carbonyl (C=O) groups excluding carboxylic acids is 1. The standard InChI is InChI=1S/C12H12BrN3O2S/c1-8-15-12(18-16-8)6-7-14-11(17)5-3-9-2-4-10(13)19-9/h2-5H,6-7H2,1H3,(H,14,17)/b5-3+. The second-order valence-corrected chi connectivity index (χ2v) is 6.25. The molecule has 0 radical (unpaired) electrons. The second kappa shape index (κ2) is 6.63. The Hall–Kier alpha value is -1.47. The Balaban J connectivity index is 1.74. The summed E-state index contributed by atoms with van der Waals surface area (Å²) in [5.74, 6) is 0.995. The monoisotopic (exact) mass is 341 g/mol. The number of aryl methyl sites for hydroxylation is 1. The molecule has 0 unspecified atom stereocenters. The van der Waals surface area contributed by atoms with Crippen LogP contribution < -0.4 is 5.32 Å². The van der Waals surface area contributed by atoms with E-state index in [1.165, 1.54) is 6.08 Å². The highest BCUT2D eigenvalue weighted by molar-refractivity contribution is 9.11. The largest absolute Gasteiger partial charge is 0.352 e. The highest BCUT2D eigenvalue weighted by atomic mass is 79.9. The van der Waals surface area contributed by atoms with E-state index >= 15 is 0 Å². The fourth-order valence-electron chi connectivity index (χ4n) is 1.37. The van der Waals surface area contributed by atoms with Crippen LogP contribution >= 0.6 is 27.3 Å². The van der Waals surface area contributed by atoms with Gasteiger partial charge >= 0.3 is 0 Å². The van der Waals surface area contributed by atoms with Crippen molar-refractivity contribution in [1.82, 2.24) is 15.5 Å². The van der Waals surface area contributed by atoms with Gasteiger partial charge in [-0.2, -0.15) is 4.98 Å². The maximum absolute atomic E-state index is 11.5. The summed E-state index contributed by atoms with van der Waals surface area (Å²) < 4.78 is 5.99. The van der Waals surface area contributed by atoms with Crippen LogP contribution in [-0.4, -0.2) is 22.6 Å². The van der Waals surface area contributed by atoms with Crippen molar-refractivity contribution in [2.45, 2.75) is 13.3 Å². The zero-order valence-corrected chi connectivity index (χ0v) is 12.6. The highest BCUT2D eigenvalue weighted by Crippen LogP contribution is 2.22. The van der Waals surface area contributed by atoms with Crippen LogP contribution in [-0.2, 0) is 11.2 Å².